The molecule has 0 saturated heterocycles. The van der Waals surface area contributed by atoms with E-state index in [-0.39, 0.29) is 22.7 Å². The van der Waals surface area contributed by atoms with Crippen molar-refractivity contribution in [1.82, 2.24) is 0 Å². The van der Waals surface area contributed by atoms with Gasteiger partial charge in [-0.3, -0.25) is 0 Å². The average Bonchev–Trinajstić information content (AvgIpc) is 3.66. The number of nitrogens with zero attached hydrogens (tertiary/aromatic N) is 6. The predicted octanol–water partition coefficient (Wildman–Crippen LogP) is 18.2. The van der Waals surface area contributed by atoms with Crippen LogP contribution >= 0.6 is 0 Å². The minimum atomic E-state index is -0.665. The third kappa shape index (κ3) is 8.49. The Morgan fingerprint density at radius 1 is 0.256 bits per heavy atom. The molecule has 0 aliphatic carbocycles. The zero-order valence-corrected chi connectivity index (χ0v) is 41.0. The number of halogens is 4. The van der Waals surface area contributed by atoms with Crippen LogP contribution in [0.2, 0.25) is 0 Å². The van der Waals surface area contributed by atoms with Gasteiger partial charge in [-0.1, -0.05) is 109 Å². The summed E-state index contributed by atoms with van der Waals surface area (Å²) in [6.07, 6.45) is 0. The zero-order chi connectivity index (χ0) is 53.6. The minimum Gasteiger partial charge on any atom is -0.304 e. The summed E-state index contributed by atoms with van der Waals surface area (Å²) in [7, 11) is 0. The van der Waals surface area contributed by atoms with E-state index in [0.717, 1.165) is 10.8 Å². The van der Waals surface area contributed by atoms with Gasteiger partial charge in [0.2, 0.25) is 0 Å². The number of nitriles is 4. The molecule has 78 heavy (non-hydrogen) atoms. The quantitative estimate of drug-likeness (QED) is 0.0999. The largest absolute Gasteiger partial charge is 0.304 e. The lowest BCUT2D eigenvalue weighted by Crippen LogP contribution is -2.15. The monoisotopic (exact) mass is 1010 g/mol. The van der Waals surface area contributed by atoms with Gasteiger partial charge in [-0.25, -0.2) is 17.6 Å². The third-order valence-electron chi connectivity index (χ3n) is 14.1. The van der Waals surface area contributed by atoms with Crippen LogP contribution in [0.4, 0.5) is 51.7 Å². The Morgan fingerprint density at radius 2 is 0.513 bits per heavy atom. The lowest BCUT2D eigenvalue weighted by atomic mass is 9.91. The number of anilines is 6. The van der Waals surface area contributed by atoms with E-state index in [2.05, 4.69) is 24.3 Å². The fourth-order valence-corrected chi connectivity index (χ4v) is 10.5. The molecule has 366 valence electrons. The maximum absolute atomic E-state index is 17.0. The molecule has 0 aliphatic rings. The normalized spacial score (nSPS) is 11.0. The first-order valence-electron chi connectivity index (χ1n) is 24.6. The summed E-state index contributed by atoms with van der Waals surface area (Å²) in [5.74, 6) is -2.66. The Labute approximate surface area is 445 Å². The van der Waals surface area contributed by atoms with Crippen molar-refractivity contribution >= 4 is 66.4 Å². The summed E-state index contributed by atoms with van der Waals surface area (Å²) < 4.78 is 68.1. The third-order valence-corrected chi connectivity index (χ3v) is 14.1. The number of hydrogen-bond donors (Lipinski definition) is 0. The molecule has 0 unspecified atom stereocenters. The fraction of sp³-hybridized carbons (Fsp3) is 0. The van der Waals surface area contributed by atoms with Gasteiger partial charge in [0.1, 0.15) is 23.3 Å². The molecule has 0 aliphatic heterocycles. The van der Waals surface area contributed by atoms with Gasteiger partial charge < -0.3 is 9.80 Å². The van der Waals surface area contributed by atoms with Crippen LogP contribution in [0.1, 0.15) is 22.3 Å². The Morgan fingerprint density at radius 3 is 0.782 bits per heavy atom. The lowest BCUT2D eigenvalue weighted by molar-refractivity contribution is 0.619. The van der Waals surface area contributed by atoms with Gasteiger partial charge in [-0.2, -0.15) is 21.0 Å². The smallest absolute Gasteiger partial charge is 0.147 e. The SMILES string of the molecule is N#Cc1cccc(-c2ccc(F)c(N(c3cc(-c4cccc(C#N)c4)ccc3F)c3ccc4ccc5c(N(c6cc(-c7cccc(C#N)c7)ccc6F)c6cc(-c7cccc(C#N)c7)ccc6F)ccc6ccc3c4c65)c2)c1. The van der Waals surface area contributed by atoms with Gasteiger partial charge in [0.05, 0.1) is 80.7 Å². The number of hydrogen-bond acceptors (Lipinski definition) is 6. The molecule has 0 aromatic heterocycles. The summed E-state index contributed by atoms with van der Waals surface area (Å²) in [6, 6.07) is 69.5. The van der Waals surface area contributed by atoms with E-state index in [4.69, 9.17) is 0 Å². The second-order valence-corrected chi connectivity index (χ2v) is 18.7. The molecule has 12 aromatic rings. The van der Waals surface area contributed by atoms with E-state index < -0.39 is 23.3 Å². The molecule has 0 saturated carbocycles. The molecule has 10 heteroatoms. The van der Waals surface area contributed by atoms with Gasteiger partial charge in [0.15, 0.2) is 0 Å². The highest BCUT2D eigenvalue weighted by molar-refractivity contribution is 6.28. The summed E-state index contributed by atoms with van der Waals surface area (Å²) in [5.41, 5.74) is 7.26. The summed E-state index contributed by atoms with van der Waals surface area (Å²) in [5, 5.41) is 43.3. The summed E-state index contributed by atoms with van der Waals surface area (Å²) in [4.78, 5) is 3.09. The summed E-state index contributed by atoms with van der Waals surface area (Å²) in [6.45, 7) is 0. The molecule has 12 rings (SSSR count). The first kappa shape index (κ1) is 47.9. The Hall–Kier alpha value is -11.0. The molecule has 6 nitrogen and oxygen atoms in total. The molecule has 0 bridgehead atoms. The molecule has 0 heterocycles. The lowest BCUT2D eigenvalue weighted by Gasteiger charge is -2.30. The van der Waals surface area contributed by atoms with Crippen LogP contribution in [0, 0.1) is 68.6 Å². The molecule has 0 amide bonds. The van der Waals surface area contributed by atoms with Gasteiger partial charge in [0.25, 0.3) is 0 Å². The van der Waals surface area contributed by atoms with Crippen molar-refractivity contribution in [2.75, 3.05) is 9.80 Å². The highest BCUT2D eigenvalue weighted by Gasteiger charge is 2.28. The first-order chi connectivity index (χ1) is 38.1. The van der Waals surface area contributed by atoms with Crippen molar-refractivity contribution in [2.24, 2.45) is 0 Å². The van der Waals surface area contributed by atoms with Crippen LogP contribution < -0.4 is 9.80 Å². The highest BCUT2D eigenvalue weighted by atomic mass is 19.1. The van der Waals surface area contributed by atoms with Crippen molar-refractivity contribution in [3.63, 3.8) is 0 Å². The van der Waals surface area contributed by atoms with Crippen LogP contribution in [0.5, 0.6) is 0 Å². The fourth-order valence-electron chi connectivity index (χ4n) is 10.5. The standard InChI is InChI=1S/C68H36F4N6/c69-57-23-15-51(47-9-1-5-41(29-47)37-73)33-63(57)77(64-34-52(16-24-58(64)70)48-10-2-6-42(30-48)38-74)61-27-19-45-14-22-56-62(28-20-46-13-21-55(61)67(45)68(46)56)78(65-35-53(17-25-59(65)71)49-11-3-7-43(31-49)39-75)66-36-54(18-26-60(66)72)50-12-4-8-44(32-50)40-76/h1-36H. The van der Waals surface area contributed by atoms with Crippen LogP contribution in [-0.2, 0) is 0 Å². The molecule has 0 N–H and O–H groups in total. The molecule has 0 radical (unpaired) electrons. The van der Waals surface area contributed by atoms with E-state index in [1.807, 2.05) is 72.8 Å². The molecular formula is C68H36F4N6. The van der Waals surface area contributed by atoms with Crippen LogP contribution in [0.15, 0.2) is 218 Å². The second kappa shape index (κ2) is 19.7. The molecule has 12 aromatic carbocycles. The molecular weight excluding hydrogens is 977 g/mol. The van der Waals surface area contributed by atoms with Crippen molar-refractivity contribution < 1.29 is 17.6 Å². The van der Waals surface area contributed by atoms with E-state index in [0.29, 0.717) is 99.7 Å². The van der Waals surface area contributed by atoms with E-state index in [9.17, 15) is 21.0 Å². The van der Waals surface area contributed by atoms with Gasteiger partial charge >= 0.3 is 0 Å². The maximum atomic E-state index is 17.0. The Bertz CT molecular complexity index is 4090. The molecule has 0 atom stereocenters. The maximum Gasteiger partial charge on any atom is 0.147 e. The molecule has 0 fully saturated rings. The number of benzene rings is 12. The van der Waals surface area contributed by atoms with Crippen molar-refractivity contribution in [3.05, 3.63) is 264 Å². The minimum absolute atomic E-state index is 0.00455. The average molecular weight is 1010 g/mol. The summed E-state index contributed by atoms with van der Waals surface area (Å²) >= 11 is 0. The van der Waals surface area contributed by atoms with Crippen molar-refractivity contribution in [2.45, 2.75) is 0 Å². The van der Waals surface area contributed by atoms with E-state index >= 15 is 17.6 Å². The first-order valence-corrected chi connectivity index (χ1v) is 24.6. The highest BCUT2D eigenvalue weighted by Crippen LogP contribution is 2.50. The van der Waals surface area contributed by atoms with Gasteiger partial charge in [-0.05, 0) is 175 Å². The topological polar surface area (TPSA) is 102 Å². The predicted molar refractivity (Wildman–Crippen MR) is 300 cm³/mol. The van der Waals surface area contributed by atoms with Crippen molar-refractivity contribution in [3.8, 4) is 68.8 Å². The van der Waals surface area contributed by atoms with Crippen LogP contribution in [0.3, 0.4) is 0 Å². The van der Waals surface area contributed by atoms with E-state index in [1.54, 1.807) is 131 Å². The number of rotatable bonds is 10. The van der Waals surface area contributed by atoms with Crippen LogP contribution in [-0.4, -0.2) is 0 Å². The van der Waals surface area contributed by atoms with Crippen molar-refractivity contribution in [1.29, 1.82) is 21.0 Å². The van der Waals surface area contributed by atoms with Gasteiger partial charge in [-0.15, -0.1) is 0 Å². The van der Waals surface area contributed by atoms with Crippen LogP contribution in [0.25, 0.3) is 76.8 Å². The van der Waals surface area contributed by atoms with E-state index in [1.165, 1.54) is 24.3 Å². The Balaban J connectivity index is 1.12. The Kier molecular flexibility index (Phi) is 12.1. The molecule has 0 spiro atoms. The second-order valence-electron chi connectivity index (χ2n) is 18.7. The zero-order valence-electron chi connectivity index (χ0n) is 41.0. The van der Waals surface area contributed by atoms with Gasteiger partial charge in [0, 0.05) is 10.8 Å².